The molecule has 1 heterocycles. The SMILES string of the molecule is C/C(CCC(=O)Nc1cccc(Br)c1)=N\NC(=O)c1ccc(-n2cccc2)cc1. The topological polar surface area (TPSA) is 75.5 Å². The number of benzene rings is 2. The third-order valence-corrected chi connectivity index (χ3v) is 4.70. The van der Waals surface area contributed by atoms with E-state index in [-0.39, 0.29) is 18.2 Å². The number of amides is 2. The van der Waals surface area contributed by atoms with Crippen LogP contribution < -0.4 is 10.7 Å². The summed E-state index contributed by atoms with van der Waals surface area (Å²) < 4.78 is 2.86. The fourth-order valence-corrected chi connectivity index (χ4v) is 3.04. The fraction of sp³-hybridized carbons (Fsp3) is 0.136. The van der Waals surface area contributed by atoms with Gasteiger partial charge in [-0.2, -0.15) is 5.10 Å². The Morgan fingerprint density at radius 1 is 1.00 bits per heavy atom. The molecule has 2 N–H and O–H groups in total. The molecule has 6 nitrogen and oxygen atoms in total. The molecule has 0 radical (unpaired) electrons. The Balaban J connectivity index is 1.47. The van der Waals surface area contributed by atoms with Gasteiger partial charge in [0.1, 0.15) is 0 Å². The summed E-state index contributed by atoms with van der Waals surface area (Å²) in [4.78, 5) is 24.3. The van der Waals surface area contributed by atoms with Crippen molar-refractivity contribution in [2.45, 2.75) is 19.8 Å². The molecule has 0 unspecified atom stereocenters. The lowest BCUT2D eigenvalue weighted by Crippen LogP contribution is -2.19. The normalized spacial score (nSPS) is 11.2. The molecule has 3 aromatic rings. The maximum atomic E-state index is 12.2. The summed E-state index contributed by atoms with van der Waals surface area (Å²) >= 11 is 3.37. The largest absolute Gasteiger partial charge is 0.326 e. The highest BCUT2D eigenvalue weighted by Crippen LogP contribution is 2.16. The number of halogens is 1. The Kier molecular flexibility index (Phi) is 6.97. The lowest BCUT2D eigenvalue weighted by molar-refractivity contribution is -0.116. The highest BCUT2D eigenvalue weighted by atomic mass is 79.9. The quantitative estimate of drug-likeness (QED) is 0.400. The number of nitrogens with zero attached hydrogens (tertiary/aromatic N) is 2. The molecule has 29 heavy (non-hydrogen) atoms. The Bertz CT molecular complexity index is 1010. The van der Waals surface area contributed by atoms with Crippen molar-refractivity contribution in [3.8, 4) is 5.69 Å². The third-order valence-electron chi connectivity index (χ3n) is 4.20. The summed E-state index contributed by atoms with van der Waals surface area (Å²) in [5.41, 5.74) is 5.44. The molecule has 1 aromatic heterocycles. The first-order valence-electron chi connectivity index (χ1n) is 9.13. The van der Waals surface area contributed by atoms with Crippen LogP contribution in [-0.4, -0.2) is 22.1 Å². The van der Waals surface area contributed by atoms with Gasteiger partial charge in [0.15, 0.2) is 0 Å². The van der Waals surface area contributed by atoms with E-state index in [1.807, 2.05) is 65.5 Å². The summed E-state index contributed by atoms with van der Waals surface area (Å²) in [6, 6.07) is 18.5. The zero-order valence-electron chi connectivity index (χ0n) is 15.9. The molecule has 0 aliphatic heterocycles. The van der Waals surface area contributed by atoms with E-state index in [1.54, 1.807) is 19.1 Å². The van der Waals surface area contributed by atoms with Crippen LogP contribution >= 0.6 is 15.9 Å². The predicted octanol–water partition coefficient (Wildman–Crippen LogP) is 4.76. The molecule has 0 fully saturated rings. The summed E-state index contributed by atoms with van der Waals surface area (Å²) in [6.07, 6.45) is 4.61. The number of aromatic nitrogens is 1. The van der Waals surface area contributed by atoms with E-state index in [4.69, 9.17) is 0 Å². The zero-order valence-corrected chi connectivity index (χ0v) is 17.5. The summed E-state index contributed by atoms with van der Waals surface area (Å²) in [6.45, 7) is 1.78. The van der Waals surface area contributed by atoms with E-state index in [0.717, 1.165) is 15.8 Å². The minimum atomic E-state index is -0.290. The van der Waals surface area contributed by atoms with Crippen molar-refractivity contribution in [3.63, 3.8) is 0 Å². The van der Waals surface area contributed by atoms with Gasteiger partial charge in [-0.25, -0.2) is 5.43 Å². The molecule has 0 atom stereocenters. The first kappa shape index (κ1) is 20.5. The van der Waals surface area contributed by atoms with Gasteiger partial charge in [0.2, 0.25) is 5.91 Å². The highest BCUT2D eigenvalue weighted by molar-refractivity contribution is 9.10. The second kappa shape index (κ2) is 9.84. The molecule has 0 aliphatic carbocycles. The highest BCUT2D eigenvalue weighted by Gasteiger charge is 2.07. The van der Waals surface area contributed by atoms with Crippen molar-refractivity contribution in [3.05, 3.63) is 83.1 Å². The van der Waals surface area contributed by atoms with E-state index in [9.17, 15) is 9.59 Å². The van der Waals surface area contributed by atoms with E-state index in [1.165, 1.54) is 0 Å². The summed E-state index contributed by atoms with van der Waals surface area (Å²) in [7, 11) is 0. The van der Waals surface area contributed by atoms with Gasteiger partial charge in [0.05, 0.1) is 0 Å². The molecule has 148 valence electrons. The van der Waals surface area contributed by atoms with E-state index in [0.29, 0.717) is 17.7 Å². The van der Waals surface area contributed by atoms with Gasteiger partial charge >= 0.3 is 0 Å². The second-order valence-electron chi connectivity index (χ2n) is 6.48. The van der Waals surface area contributed by atoms with Crippen LogP contribution in [0.2, 0.25) is 0 Å². The minimum Gasteiger partial charge on any atom is -0.326 e. The van der Waals surface area contributed by atoms with Crippen molar-refractivity contribution < 1.29 is 9.59 Å². The molecule has 0 saturated heterocycles. The van der Waals surface area contributed by atoms with E-state index in [2.05, 4.69) is 31.8 Å². The predicted molar refractivity (Wildman–Crippen MR) is 118 cm³/mol. The number of hydrogen-bond donors (Lipinski definition) is 2. The monoisotopic (exact) mass is 452 g/mol. The smallest absolute Gasteiger partial charge is 0.271 e. The Labute approximate surface area is 177 Å². The Hall–Kier alpha value is -3.19. The summed E-state index contributed by atoms with van der Waals surface area (Å²) in [5, 5.41) is 6.92. The van der Waals surface area contributed by atoms with Gasteiger partial charge < -0.3 is 9.88 Å². The number of rotatable bonds is 7. The first-order valence-corrected chi connectivity index (χ1v) is 9.93. The van der Waals surface area contributed by atoms with Crippen molar-refractivity contribution >= 4 is 39.1 Å². The second-order valence-corrected chi connectivity index (χ2v) is 7.40. The van der Waals surface area contributed by atoms with Crippen molar-refractivity contribution in [2.75, 3.05) is 5.32 Å². The Morgan fingerprint density at radius 2 is 1.72 bits per heavy atom. The molecule has 3 rings (SSSR count). The fourth-order valence-electron chi connectivity index (χ4n) is 2.64. The molecule has 2 amide bonds. The van der Waals surface area contributed by atoms with Crippen LogP contribution in [0.15, 0.2) is 82.6 Å². The van der Waals surface area contributed by atoms with Crippen LogP contribution in [0, 0.1) is 0 Å². The van der Waals surface area contributed by atoms with Crippen LogP contribution in [0.3, 0.4) is 0 Å². The van der Waals surface area contributed by atoms with Crippen LogP contribution in [0.4, 0.5) is 5.69 Å². The number of hydrazone groups is 1. The number of carbonyl (C=O) groups is 2. The number of carbonyl (C=O) groups excluding carboxylic acids is 2. The molecule has 0 bridgehead atoms. The van der Waals surface area contributed by atoms with Gasteiger partial charge in [-0.1, -0.05) is 22.0 Å². The minimum absolute atomic E-state index is 0.107. The molecule has 0 saturated carbocycles. The maximum absolute atomic E-state index is 12.2. The zero-order chi connectivity index (χ0) is 20.6. The standard InChI is InChI=1S/C22H21BrN4O2/c1-16(7-12-21(28)24-19-6-4-5-18(23)15-19)25-26-22(29)17-8-10-20(11-9-17)27-13-2-3-14-27/h2-6,8-11,13-15H,7,12H2,1H3,(H,24,28)(H,26,29)/b25-16+. The summed E-state index contributed by atoms with van der Waals surface area (Å²) in [5.74, 6) is -0.397. The maximum Gasteiger partial charge on any atom is 0.271 e. The van der Waals surface area contributed by atoms with Gasteiger partial charge in [-0.15, -0.1) is 0 Å². The number of nitrogens with one attached hydrogen (secondary N) is 2. The Morgan fingerprint density at radius 3 is 2.41 bits per heavy atom. The number of anilines is 1. The van der Waals surface area contributed by atoms with Crippen molar-refractivity contribution in [2.24, 2.45) is 5.10 Å². The van der Waals surface area contributed by atoms with Gasteiger partial charge in [0.25, 0.3) is 5.91 Å². The number of hydrogen-bond acceptors (Lipinski definition) is 3. The molecule has 0 spiro atoms. The van der Waals surface area contributed by atoms with Crippen LogP contribution in [-0.2, 0) is 4.79 Å². The lowest BCUT2D eigenvalue weighted by atomic mass is 10.2. The van der Waals surface area contributed by atoms with Gasteiger partial charge in [-0.05, 0) is 67.9 Å². The van der Waals surface area contributed by atoms with E-state index < -0.39 is 0 Å². The van der Waals surface area contributed by atoms with Crippen LogP contribution in [0.25, 0.3) is 5.69 Å². The average Bonchev–Trinajstić information content (AvgIpc) is 3.25. The van der Waals surface area contributed by atoms with E-state index >= 15 is 0 Å². The van der Waals surface area contributed by atoms with Crippen molar-refractivity contribution in [1.82, 2.24) is 9.99 Å². The van der Waals surface area contributed by atoms with Crippen LogP contribution in [0.5, 0.6) is 0 Å². The van der Waals surface area contributed by atoms with Crippen LogP contribution in [0.1, 0.15) is 30.1 Å². The average molecular weight is 453 g/mol. The molecule has 0 aliphatic rings. The lowest BCUT2D eigenvalue weighted by Gasteiger charge is -2.06. The van der Waals surface area contributed by atoms with Gasteiger partial charge in [-0.3, -0.25) is 9.59 Å². The molecular formula is C22H21BrN4O2. The molecular weight excluding hydrogens is 432 g/mol. The van der Waals surface area contributed by atoms with Gasteiger partial charge in [0, 0.05) is 45.9 Å². The third kappa shape index (κ3) is 6.15. The molecule has 2 aromatic carbocycles. The van der Waals surface area contributed by atoms with Crippen molar-refractivity contribution in [1.29, 1.82) is 0 Å². The molecule has 7 heteroatoms. The first-order chi connectivity index (χ1) is 14.0.